The van der Waals surface area contributed by atoms with E-state index in [0.29, 0.717) is 47.1 Å². The minimum atomic E-state index is -0.229. The van der Waals surface area contributed by atoms with Crippen molar-refractivity contribution in [2.75, 3.05) is 48.0 Å². The Morgan fingerprint density at radius 2 is 1.70 bits per heavy atom. The van der Waals surface area contributed by atoms with Crippen LogP contribution in [0.3, 0.4) is 0 Å². The highest BCUT2D eigenvalue weighted by atomic mass is 32.1. The number of ether oxygens (including phenoxy) is 1. The number of nitrogens with zero attached hydrogens (tertiary/aromatic N) is 3. The number of nitrogens with one attached hydrogen (secondary N) is 2. The van der Waals surface area contributed by atoms with Gasteiger partial charge < -0.3 is 25.2 Å². The molecule has 1 spiro atoms. The summed E-state index contributed by atoms with van der Waals surface area (Å²) in [5.74, 6) is 0.349. The van der Waals surface area contributed by atoms with Gasteiger partial charge in [0.05, 0.1) is 29.3 Å². The van der Waals surface area contributed by atoms with E-state index >= 15 is 0 Å². The summed E-state index contributed by atoms with van der Waals surface area (Å²) >= 11 is 1.50. The average molecular weight is 634 g/mol. The van der Waals surface area contributed by atoms with Crippen LogP contribution in [-0.4, -0.2) is 61.6 Å². The second-order valence-electron chi connectivity index (χ2n) is 12.8. The third kappa shape index (κ3) is 5.45. The number of para-hydroxylation sites is 1. The van der Waals surface area contributed by atoms with Crippen LogP contribution in [0.1, 0.15) is 61.6 Å². The maximum Gasteiger partial charge on any atom is 0.261 e. The van der Waals surface area contributed by atoms with Gasteiger partial charge in [0.15, 0.2) is 0 Å². The van der Waals surface area contributed by atoms with Gasteiger partial charge in [0.25, 0.3) is 17.7 Å². The van der Waals surface area contributed by atoms with Gasteiger partial charge >= 0.3 is 0 Å². The first-order chi connectivity index (χ1) is 22.5. The van der Waals surface area contributed by atoms with Crippen molar-refractivity contribution in [3.63, 3.8) is 0 Å². The third-order valence-corrected chi connectivity index (χ3v) is 10.8. The molecule has 0 atom stereocenters. The number of aromatic nitrogens is 1. The van der Waals surface area contributed by atoms with Gasteiger partial charge in [-0.2, -0.15) is 0 Å². The van der Waals surface area contributed by atoms with Gasteiger partial charge in [-0.15, -0.1) is 11.3 Å². The highest BCUT2D eigenvalue weighted by Gasteiger charge is 2.41. The molecular formula is C36H35N5O4S. The molecule has 9 nitrogen and oxygen atoms in total. The zero-order valence-electron chi connectivity index (χ0n) is 25.5. The smallest absolute Gasteiger partial charge is 0.261 e. The second kappa shape index (κ2) is 11.7. The summed E-state index contributed by atoms with van der Waals surface area (Å²) in [6.07, 6.45) is 6.55. The van der Waals surface area contributed by atoms with E-state index in [4.69, 9.17) is 4.74 Å². The molecule has 3 amide bonds. The zero-order valence-corrected chi connectivity index (χ0v) is 26.3. The van der Waals surface area contributed by atoms with Gasteiger partial charge in [-0.3, -0.25) is 14.4 Å². The Hall–Kier alpha value is -4.54. The molecule has 3 aliphatic heterocycles. The first-order valence-corrected chi connectivity index (χ1v) is 16.8. The van der Waals surface area contributed by atoms with Crippen LogP contribution in [-0.2, 0) is 11.2 Å². The molecule has 2 aromatic carbocycles. The molecule has 8 rings (SSSR count). The lowest BCUT2D eigenvalue weighted by atomic mass is 9.77. The Morgan fingerprint density at radius 3 is 2.43 bits per heavy atom. The summed E-state index contributed by atoms with van der Waals surface area (Å²) in [6, 6.07) is 20.8. The second-order valence-corrected chi connectivity index (χ2v) is 13.9. The van der Waals surface area contributed by atoms with E-state index in [0.717, 1.165) is 78.6 Å². The largest absolute Gasteiger partial charge is 0.380 e. The van der Waals surface area contributed by atoms with Crippen molar-refractivity contribution in [2.24, 2.45) is 5.41 Å². The number of rotatable bonds is 6. The maximum absolute atomic E-state index is 13.9. The van der Waals surface area contributed by atoms with Crippen LogP contribution in [0.4, 0.5) is 17.2 Å². The summed E-state index contributed by atoms with van der Waals surface area (Å²) in [5.41, 5.74) is 4.85. The fourth-order valence-corrected chi connectivity index (χ4v) is 7.80. The summed E-state index contributed by atoms with van der Waals surface area (Å²) < 4.78 is 5.46. The molecule has 2 saturated heterocycles. The summed E-state index contributed by atoms with van der Waals surface area (Å²) in [7, 11) is 0. The van der Waals surface area contributed by atoms with Crippen LogP contribution in [0.5, 0.6) is 0 Å². The number of hydrogen-bond donors (Lipinski definition) is 2. The van der Waals surface area contributed by atoms with E-state index in [1.165, 1.54) is 11.3 Å². The number of thiophene rings is 1. The highest BCUT2D eigenvalue weighted by molar-refractivity contribution is 7.17. The van der Waals surface area contributed by atoms with E-state index in [1.807, 2.05) is 41.3 Å². The van der Waals surface area contributed by atoms with Gasteiger partial charge in [-0.25, -0.2) is 4.98 Å². The standard InChI is InChI=1S/C36H35N5O4S/c42-33(28-5-3-16-37-32(28)40-18-14-36(15-19-40)21-45-22-36)38-25-9-7-23(8-10-25)35(44)41-17-13-24-20-30(34(43)39-26-11-12-26)46-31(24)27-4-1-2-6-29(27)41/h1-10,16,20,26H,11-15,17-19,21-22H2,(H,38,42)(H,39,43). The lowest BCUT2D eigenvalue weighted by Crippen LogP contribution is -2.51. The van der Waals surface area contributed by atoms with Crippen LogP contribution >= 0.6 is 11.3 Å². The Bertz CT molecular complexity index is 1820. The molecule has 4 aliphatic rings. The van der Waals surface area contributed by atoms with Gasteiger partial charge in [0.2, 0.25) is 0 Å². The monoisotopic (exact) mass is 633 g/mol. The summed E-state index contributed by atoms with van der Waals surface area (Å²) in [5, 5.41) is 6.09. The van der Waals surface area contributed by atoms with E-state index in [-0.39, 0.29) is 17.7 Å². The molecule has 4 aromatic rings. The molecule has 1 saturated carbocycles. The molecule has 46 heavy (non-hydrogen) atoms. The van der Waals surface area contributed by atoms with Crippen LogP contribution in [0.15, 0.2) is 72.9 Å². The van der Waals surface area contributed by atoms with E-state index in [9.17, 15) is 14.4 Å². The topological polar surface area (TPSA) is 104 Å². The summed E-state index contributed by atoms with van der Waals surface area (Å²) in [4.78, 5) is 50.4. The molecular weight excluding hydrogens is 598 g/mol. The molecule has 1 aliphatic carbocycles. The molecule has 0 radical (unpaired) electrons. The molecule has 2 aromatic heterocycles. The van der Waals surface area contributed by atoms with Crippen molar-refractivity contribution >= 4 is 46.3 Å². The van der Waals surface area contributed by atoms with Crippen molar-refractivity contribution < 1.29 is 19.1 Å². The van der Waals surface area contributed by atoms with Crippen molar-refractivity contribution in [1.82, 2.24) is 10.3 Å². The van der Waals surface area contributed by atoms with Crippen LogP contribution in [0, 0.1) is 5.41 Å². The highest BCUT2D eigenvalue weighted by Crippen LogP contribution is 2.42. The first-order valence-electron chi connectivity index (χ1n) is 16.0. The molecule has 0 bridgehead atoms. The fourth-order valence-electron chi connectivity index (χ4n) is 6.65. The SMILES string of the molecule is O=C(NC1CC1)c1cc2c(s1)-c1ccccc1N(C(=O)c1ccc(NC(=O)c3cccnc3N3CCC4(CC3)COC4)cc1)CC2. The maximum atomic E-state index is 13.9. The van der Waals surface area contributed by atoms with Crippen LogP contribution < -0.4 is 20.4 Å². The lowest BCUT2D eigenvalue weighted by molar-refractivity contribution is -0.124. The number of anilines is 3. The molecule has 0 unspecified atom stereocenters. The van der Waals surface area contributed by atoms with Crippen LogP contribution in [0.2, 0.25) is 0 Å². The van der Waals surface area contributed by atoms with E-state index in [1.54, 1.807) is 36.5 Å². The molecule has 234 valence electrons. The van der Waals surface area contributed by atoms with E-state index in [2.05, 4.69) is 20.5 Å². The van der Waals surface area contributed by atoms with Gasteiger partial charge in [0.1, 0.15) is 5.82 Å². The Balaban J connectivity index is 0.971. The number of fused-ring (bicyclic) bond motifs is 3. The zero-order chi connectivity index (χ0) is 31.3. The number of carbonyl (C=O) groups excluding carboxylic acids is 3. The van der Waals surface area contributed by atoms with Crippen LogP contribution in [0.25, 0.3) is 10.4 Å². The number of piperidine rings is 1. The van der Waals surface area contributed by atoms with Crippen molar-refractivity contribution in [3.8, 4) is 10.4 Å². The Morgan fingerprint density at radius 1 is 0.913 bits per heavy atom. The minimum Gasteiger partial charge on any atom is -0.380 e. The fraction of sp³-hybridized carbons (Fsp3) is 0.333. The van der Waals surface area contributed by atoms with Crippen molar-refractivity contribution in [3.05, 3.63) is 94.5 Å². The Kier molecular flexibility index (Phi) is 7.33. The van der Waals surface area contributed by atoms with Gasteiger partial charge in [-0.1, -0.05) is 18.2 Å². The molecule has 10 heteroatoms. The number of hydrogen-bond acceptors (Lipinski definition) is 7. The van der Waals surface area contributed by atoms with Gasteiger partial charge in [0, 0.05) is 59.0 Å². The Labute approximate surface area is 271 Å². The quantitative estimate of drug-likeness (QED) is 0.279. The number of carbonyl (C=O) groups is 3. The van der Waals surface area contributed by atoms with E-state index < -0.39 is 0 Å². The first kappa shape index (κ1) is 28.9. The normalized spacial score (nSPS) is 18.2. The third-order valence-electron chi connectivity index (χ3n) is 9.60. The summed E-state index contributed by atoms with van der Waals surface area (Å²) in [6.45, 7) is 3.85. The minimum absolute atomic E-state index is 0.0122. The predicted octanol–water partition coefficient (Wildman–Crippen LogP) is 5.77. The van der Waals surface area contributed by atoms with Crippen molar-refractivity contribution in [1.29, 1.82) is 0 Å². The number of pyridine rings is 1. The average Bonchev–Trinajstić information content (AvgIpc) is 3.82. The number of benzene rings is 2. The molecule has 5 heterocycles. The molecule has 2 N–H and O–H groups in total. The predicted molar refractivity (Wildman–Crippen MR) is 179 cm³/mol. The van der Waals surface area contributed by atoms with Gasteiger partial charge in [-0.05, 0) is 86.2 Å². The lowest BCUT2D eigenvalue weighted by Gasteiger charge is -2.47. The van der Waals surface area contributed by atoms with Crippen molar-refractivity contribution in [2.45, 2.75) is 38.1 Å². The molecule has 3 fully saturated rings. The number of amides is 3.